The molecule has 2 aliphatic rings. The summed E-state index contributed by atoms with van der Waals surface area (Å²) in [6.45, 7) is 0. The smallest absolute Gasteiger partial charge is 0.0745 e. The lowest BCUT2D eigenvalue weighted by Gasteiger charge is -2.46. The molecule has 3 heterocycles. The van der Waals surface area contributed by atoms with E-state index in [4.69, 9.17) is 0 Å². The average Bonchev–Trinajstić information content (AvgIpc) is 3.56. The van der Waals surface area contributed by atoms with E-state index in [1.54, 1.807) is 0 Å². The van der Waals surface area contributed by atoms with Gasteiger partial charge in [-0.2, -0.15) is 0 Å². The molecule has 1 unspecified atom stereocenters. The van der Waals surface area contributed by atoms with Crippen molar-refractivity contribution in [3.8, 4) is 27.9 Å². The normalized spacial score (nSPS) is 15.6. The minimum Gasteiger partial charge on any atom is -0.309 e. The van der Waals surface area contributed by atoms with Crippen LogP contribution in [-0.2, 0) is 5.41 Å². The van der Waals surface area contributed by atoms with Crippen molar-refractivity contribution in [1.82, 2.24) is 4.57 Å². The molecule has 0 aliphatic carbocycles. The quantitative estimate of drug-likeness (QED) is 0.181. The predicted molar refractivity (Wildman–Crippen MR) is 218 cm³/mol. The molecular weight excluding hydrogens is 667 g/mol. The molecule has 0 fully saturated rings. The Morgan fingerprint density at radius 3 is 1.62 bits per heavy atom. The van der Waals surface area contributed by atoms with Crippen LogP contribution in [0.4, 0.5) is 0 Å². The number of hydrogen-bond acceptors (Lipinski definition) is 2. The van der Waals surface area contributed by atoms with Crippen molar-refractivity contribution in [2.45, 2.75) is 25.0 Å². The van der Waals surface area contributed by atoms with Crippen molar-refractivity contribution >= 4 is 45.3 Å². The molecule has 2 aliphatic heterocycles. The Balaban J connectivity index is 1.24. The molecule has 11 rings (SSSR count). The zero-order chi connectivity index (χ0) is 34.2. The Bertz CT molecular complexity index is 2810. The Labute approximate surface area is 311 Å². The fourth-order valence-electron chi connectivity index (χ4n) is 8.74. The number of para-hydroxylation sites is 3. The first kappa shape index (κ1) is 29.9. The van der Waals surface area contributed by atoms with E-state index in [-0.39, 0.29) is 0 Å². The van der Waals surface area contributed by atoms with Gasteiger partial charge < -0.3 is 4.57 Å². The summed E-state index contributed by atoms with van der Waals surface area (Å²) in [6, 6.07) is 69.8. The molecular formula is C49H31NS2. The fourth-order valence-corrected chi connectivity index (χ4v) is 11.1. The van der Waals surface area contributed by atoms with Crippen LogP contribution in [-0.4, -0.2) is 4.57 Å². The first-order chi connectivity index (χ1) is 25.8. The van der Waals surface area contributed by atoms with E-state index in [2.05, 4.69) is 193 Å². The van der Waals surface area contributed by atoms with Gasteiger partial charge in [-0.3, -0.25) is 0 Å². The second-order valence-corrected chi connectivity index (χ2v) is 15.8. The van der Waals surface area contributed by atoms with Crippen LogP contribution in [0.3, 0.4) is 0 Å². The highest BCUT2D eigenvalue weighted by molar-refractivity contribution is 8.00. The second kappa shape index (κ2) is 11.6. The summed E-state index contributed by atoms with van der Waals surface area (Å²) >= 11 is 3.80. The molecule has 8 aromatic carbocycles. The summed E-state index contributed by atoms with van der Waals surface area (Å²) in [6.07, 6.45) is 0. The van der Waals surface area contributed by atoms with Crippen molar-refractivity contribution in [1.29, 1.82) is 0 Å². The summed E-state index contributed by atoms with van der Waals surface area (Å²) in [7, 11) is 0. The van der Waals surface area contributed by atoms with Crippen molar-refractivity contribution < 1.29 is 0 Å². The summed E-state index contributed by atoms with van der Waals surface area (Å²) in [5.74, 6) is 0. The van der Waals surface area contributed by atoms with Crippen molar-refractivity contribution in [2.75, 3.05) is 0 Å². The molecule has 0 N–H and O–H groups in total. The Hall–Kier alpha value is -5.74. The Kier molecular flexibility index (Phi) is 6.70. The van der Waals surface area contributed by atoms with Crippen LogP contribution in [0.15, 0.2) is 208 Å². The third-order valence-electron chi connectivity index (χ3n) is 10.9. The van der Waals surface area contributed by atoms with Gasteiger partial charge in [0.25, 0.3) is 0 Å². The lowest BCUT2D eigenvalue weighted by atomic mass is 9.64. The summed E-state index contributed by atoms with van der Waals surface area (Å²) in [4.78, 5) is 5.23. The van der Waals surface area contributed by atoms with Crippen LogP contribution in [0.25, 0.3) is 49.7 Å². The molecule has 1 spiro atoms. The maximum absolute atomic E-state index is 2.52. The van der Waals surface area contributed by atoms with Crippen molar-refractivity contribution in [3.63, 3.8) is 0 Å². The number of hydrogen-bond donors (Lipinski definition) is 0. The first-order valence-electron chi connectivity index (χ1n) is 17.8. The van der Waals surface area contributed by atoms with Gasteiger partial charge in [-0.1, -0.05) is 157 Å². The van der Waals surface area contributed by atoms with Gasteiger partial charge in [-0.15, -0.1) is 0 Å². The molecule has 0 saturated carbocycles. The highest BCUT2D eigenvalue weighted by Gasteiger charge is 2.49. The first-order valence-corrected chi connectivity index (χ1v) is 19.4. The number of aromatic nitrogens is 1. The van der Waals surface area contributed by atoms with E-state index >= 15 is 0 Å². The molecule has 0 amide bonds. The molecule has 3 heteroatoms. The number of rotatable bonds is 3. The minimum absolute atomic E-state index is 0.505. The largest absolute Gasteiger partial charge is 0.309 e. The zero-order valence-electron chi connectivity index (χ0n) is 28.2. The van der Waals surface area contributed by atoms with Crippen LogP contribution in [0.5, 0.6) is 0 Å². The number of fused-ring (bicyclic) bond motifs is 11. The van der Waals surface area contributed by atoms with Gasteiger partial charge in [-0.25, -0.2) is 0 Å². The molecule has 244 valence electrons. The minimum atomic E-state index is -0.505. The van der Waals surface area contributed by atoms with Gasteiger partial charge in [-0.05, 0) is 93.5 Å². The van der Waals surface area contributed by atoms with Crippen LogP contribution in [0.2, 0.25) is 0 Å². The number of nitrogens with zero attached hydrogens (tertiary/aromatic N) is 1. The van der Waals surface area contributed by atoms with Gasteiger partial charge in [0, 0.05) is 41.6 Å². The maximum Gasteiger partial charge on any atom is 0.0745 e. The highest BCUT2D eigenvalue weighted by Crippen LogP contribution is 2.62. The third kappa shape index (κ3) is 4.27. The molecule has 0 radical (unpaired) electrons. The summed E-state index contributed by atoms with van der Waals surface area (Å²) < 4.78 is 2.45. The standard InChI is InChI=1S/C49H31NS2/c1-3-14-32(15-4-1)33-26-28-46-41(30-33)49(39-21-8-11-24-44(39)51-46)40-22-9-12-25-45(40)52-47-29-27-34(31-42(47)49)36-19-13-20-38-37-18-7-10-23-43(37)50(48(36)38)35-16-5-2-6-17-35/h1-31H. The van der Waals surface area contributed by atoms with E-state index in [1.165, 1.54) is 91.6 Å². The highest BCUT2D eigenvalue weighted by atomic mass is 32.2. The van der Waals surface area contributed by atoms with Crippen LogP contribution in [0, 0.1) is 0 Å². The van der Waals surface area contributed by atoms with E-state index in [0.29, 0.717) is 0 Å². The van der Waals surface area contributed by atoms with Crippen LogP contribution in [0.1, 0.15) is 22.3 Å². The van der Waals surface area contributed by atoms with Gasteiger partial charge in [0.2, 0.25) is 0 Å². The lowest BCUT2D eigenvalue weighted by molar-refractivity contribution is 0.668. The van der Waals surface area contributed by atoms with Crippen LogP contribution < -0.4 is 0 Å². The van der Waals surface area contributed by atoms with Gasteiger partial charge in [0.05, 0.1) is 16.4 Å². The summed E-state index contributed by atoms with van der Waals surface area (Å²) in [5.41, 5.74) is 13.4. The van der Waals surface area contributed by atoms with E-state index in [0.717, 1.165) is 0 Å². The molecule has 0 saturated heterocycles. The van der Waals surface area contributed by atoms with Gasteiger partial charge in [0.1, 0.15) is 0 Å². The molecule has 1 nitrogen and oxygen atoms in total. The van der Waals surface area contributed by atoms with Gasteiger partial charge >= 0.3 is 0 Å². The number of benzene rings is 8. The summed E-state index contributed by atoms with van der Waals surface area (Å²) in [5, 5.41) is 2.53. The fraction of sp³-hybridized carbons (Fsp3) is 0.0204. The average molecular weight is 698 g/mol. The molecule has 0 bridgehead atoms. The SMILES string of the molecule is c1ccc(-c2ccc3c(c2)C2(c4ccccc4S3)c3ccccc3Sc3ccc(-c4cccc5c6ccccc6n(-c6ccccc6)c45)cc32)cc1. The molecule has 1 aromatic heterocycles. The predicted octanol–water partition coefficient (Wildman–Crippen LogP) is 13.4. The Morgan fingerprint density at radius 2 is 0.904 bits per heavy atom. The maximum atomic E-state index is 2.52. The van der Waals surface area contributed by atoms with E-state index in [9.17, 15) is 0 Å². The lowest BCUT2D eigenvalue weighted by Crippen LogP contribution is -2.36. The monoisotopic (exact) mass is 697 g/mol. The van der Waals surface area contributed by atoms with E-state index in [1.807, 2.05) is 23.5 Å². The van der Waals surface area contributed by atoms with E-state index < -0.39 is 5.41 Å². The Morgan fingerprint density at radius 1 is 0.365 bits per heavy atom. The van der Waals surface area contributed by atoms with Gasteiger partial charge in [0.15, 0.2) is 0 Å². The second-order valence-electron chi connectivity index (χ2n) is 13.6. The van der Waals surface area contributed by atoms with Crippen molar-refractivity contribution in [3.05, 3.63) is 210 Å². The van der Waals surface area contributed by atoms with Crippen molar-refractivity contribution in [2.24, 2.45) is 0 Å². The third-order valence-corrected chi connectivity index (χ3v) is 13.2. The van der Waals surface area contributed by atoms with Crippen LogP contribution >= 0.6 is 23.5 Å². The molecule has 1 atom stereocenters. The topological polar surface area (TPSA) is 4.93 Å². The zero-order valence-corrected chi connectivity index (χ0v) is 29.8. The molecule has 52 heavy (non-hydrogen) atoms. The molecule has 9 aromatic rings.